The Morgan fingerprint density at radius 3 is 2.90 bits per heavy atom. The molecule has 1 aromatic carbocycles. The lowest BCUT2D eigenvalue weighted by atomic mass is 10.0. The Balaban J connectivity index is 1.31. The van der Waals surface area contributed by atoms with Crippen molar-refractivity contribution in [2.45, 2.75) is 18.9 Å². The second-order valence-corrected chi connectivity index (χ2v) is 10.8. The van der Waals surface area contributed by atoms with E-state index >= 15 is 4.39 Å². The maximum absolute atomic E-state index is 15.7. The molecule has 0 radical (unpaired) electrons. The minimum Gasteiger partial charge on any atom is -0.315 e. The Labute approximate surface area is 232 Å². The molecule has 1 saturated heterocycles. The number of amides is 1. The van der Waals surface area contributed by atoms with E-state index in [1.54, 1.807) is 51.5 Å². The number of nitrogens with one attached hydrogen (secondary N) is 1. The molecule has 0 unspecified atom stereocenters. The summed E-state index contributed by atoms with van der Waals surface area (Å²) >= 11 is 1.61. The van der Waals surface area contributed by atoms with Crippen LogP contribution in [0.15, 0.2) is 67.3 Å². The third-order valence-electron chi connectivity index (χ3n) is 7.13. The zero-order chi connectivity index (χ0) is 27.2. The first-order valence-electron chi connectivity index (χ1n) is 12.9. The minimum atomic E-state index is -0.649. The first-order valence-corrected chi connectivity index (χ1v) is 13.8. The Morgan fingerprint density at radius 2 is 2.10 bits per heavy atom. The highest BCUT2D eigenvalue weighted by molar-refractivity contribution is 7.22. The number of hydrogen-bond acceptors (Lipinski definition) is 8. The Bertz CT molecular complexity index is 1870. The molecule has 6 aromatic rings. The number of benzene rings is 1. The van der Waals surface area contributed by atoms with E-state index < -0.39 is 11.7 Å². The highest BCUT2D eigenvalue weighted by atomic mass is 32.1. The van der Waals surface area contributed by atoms with Gasteiger partial charge in [0.2, 0.25) is 0 Å². The van der Waals surface area contributed by atoms with Crippen LogP contribution in [0.5, 0.6) is 0 Å². The number of aryl methyl sites for hydroxylation is 1. The number of pyridine rings is 2. The van der Waals surface area contributed by atoms with E-state index in [2.05, 4.69) is 30.7 Å². The predicted molar refractivity (Wildman–Crippen MR) is 151 cm³/mol. The summed E-state index contributed by atoms with van der Waals surface area (Å²) in [7, 11) is 1.88. The normalized spacial score (nSPS) is 15.6. The zero-order valence-corrected chi connectivity index (χ0v) is 22.3. The Hall–Kier alpha value is -4.55. The number of hydrogen-bond donors (Lipinski definition) is 1. The fourth-order valence-corrected chi connectivity index (χ4v) is 6.22. The van der Waals surface area contributed by atoms with E-state index in [1.807, 2.05) is 31.6 Å². The molecule has 0 saturated carbocycles. The number of fused-ring (bicyclic) bond motifs is 2. The Morgan fingerprint density at radius 1 is 1.18 bits per heavy atom. The molecule has 200 valence electrons. The molecule has 7 rings (SSSR count). The zero-order valence-electron chi connectivity index (χ0n) is 21.5. The highest BCUT2D eigenvalue weighted by Gasteiger charge is 2.32. The van der Waals surface area contributed by atoms with E-state index in [-0.39, 0.29) is 11.6 Å². The fourth-order valence-electron chi connectivity index (χ4n) is 5.20. The van der Waals surface area contributed by atoms with Crippen LogP contribution >= 0.6 is 11.3 Å². The van der Waals surface area contributed by atoms with Crippen molar-refractivity contribution < 1.29 is 9.18 Å². The molecule has 5 aromatic heterocycles. The van der Waals surface area contributed by atoms with Gasteiger partial charge in [-0.3, -0.25) is 14.4 Å². The molecule has 40 heavy (non-hydrogen) atoms. The average Bonchev–Trinajstić information content (AvgIpc) is 3.72. The van der Waals surface area contributed by atoms with Gasteiger partial charge in [-0.1, -0.05) is 5.21 Å². The molecule has 1 fully saturated rings. The molecule has 1 aliphatic rings. The van der Waals surface area contributed by atoms with Gasteiger partial charge in [0.25, 0.3) is 5.91 Å². The summed E-state index contributed by atoms with van der Waals surface area (Å²) in [6.07, 6.45) is 8.80. The summed E-state index contributed by atoms with van der Waals surface area (Å²) in [5.74, 6) is -0.560. The van der Waals surface area contributed by atoms with Crippen LogP contribution in [0, 0.1) is 5.82 Å². The van der Waals surface area contributed by atoms with Gasteiger partial charge in [-0.15, -0.1) is 16.4 Å². The number of thiophene rings is 1. The van der Waals surface area contributed by atoms with Gasteiger partial charge in [0.15, 0.2) is 5.65 Å². The van der Waals surface area contributed by atoms with Crippen molar-refractivity contribution in [3.63, 3.8) is 0 Å². The van der Waals surface area contributed by atoms with Gasteiger partial charge in [-0.05, 0) is 55.8 Å². The SMILES string of the molecule is Cn1cc(-c2cc3c(N(C(=O)c4ccc(-n5nnc6cccnc65)cc4F)[C@@H]4CCCNC4)nccc3s2)cn1. The monoisotopic (exact) mass is 553 g/mol. The third kappa shape index (κ3) is 4.21. The molecule has 1 aliphatic heterocycles. The second-order valence-electron chi connectivity index (χ2n) is 9.75. The summed E-state index contributed by atoms with van der Waals surface area (Å²) in [5.41, 5.74) is 2.49. The van der Waals surface area contributed by atoms with Crippen molar-refractivity contribution in [3.05, 3.63) is 78.6 Å². The van der Waals surface area contributed by atoms with Gasteiger partial charge in [0.05, 0.1) is 23.5 Å². The van der Waals surface area contributed by atoms with Crippen molar-refractivity contribution in [2.75, 3.05) is 18.0 Å². The van der Waals surface area contributed by atoms with Gasteiger partial charge < -0.3 is 5.32 Å². The van der Waals surface area contributed by atoms with Gasteiger partial charge in [0.1, 0.15) is 17.2 Å². The molecular formula is C28H24FN9OS. The molecular weight excluding hydrogens is 529 g/mol. The standard InChI is InChI=1S/C28H24FN9OS/c1-36-16-17(14-33-36)25-13-21-24(40-25)8-11-32-26(21)37(19-4-2-9-30-15-19)28(39)20-7-6-18(12-22(20)29)38-27-23(34-35-38)5-3-10-31-27/h3,5-8,10-14,16,19,30H,2,4,9,15H2,1H3/t19-/m1/s1. The molecule has 0 spiro atoms. The molecule has 1 N–H and O–H groups in total. The summed E-state index contributed by atoms with van der Waals surface area (Å²) in [6, 6.07) is 11.8. The molecule has 12 heteroatoms. The van der Waals surface area contributed by atoms with Crippen LogP contribution in [0.25, 0.3) is 37.4 Å². The molecule has 10 nitrogen and oxygen atoms in total. The maximum Gasteiger partial charge on any atom is 0.262 e. The lowest BCUT2D eigenvalue weighted by Gasteiger charge is -2.34. The predicted octanol–water partition coefficient (Wildman–Crippen LogP) is 4.36. The average molecular weight is 554 g/mol. The van der Waals surface area contributed by atoms with Crippen molar-refractivity contribution in [1.29, 1.82) is 0 Å². The van der Waals surface area contributed by atoms with Crippen molar-refractivity contribution in [1.82, 2.24) is 40.1 Å². The van der Waals surface area contributed by atoms with Crippen molar-refractivity contribution in [3.8, 4) is 16.1 Å². The van der Waals surface area contributed by atoms with Gasteiger partial charge in [-0.25, -0.2) is 14.4 Å². The van der Waals surface area contributed by atoms with Gasteiger partial charge in [-0.2, -0.15) is 9.78 Å². The summed E-state index contributed by atoms with van der Waals surface area (Å²) in [6.45, 7) is 1.47. The van der Waals surface area contributed by atoms with E-state index in [1.165, 1.54) is 16.8 Å². The molecule has 0 bridgehead atoms. The van der Waals surface area contributed by atoms with Crippen LogP contribution in [0.4, 0.5) is 10.2 Å². The van der Waals surface area contributed by atoms with E-state index in [9.17, 15) is 4.79 Å². The smallest absolute Gasteiger partial charge is 0.262 e. The lowest BCUT2D eigenvalue weighted by molar-refractivity contribution is 0.0968. The third-order valence-corrected chi connectivity index (χ3v) is 8.28. The van der Waals surface area contributed by atoms with Crippen LogP contribution in [-0.2, 0) is 7.05 Å². The van der Waals surface area contributed by atoms with E-state index in [0.29, 0.717) is 29.2 Å². The number of aromatic nitrogens is 7. The molecule has 1 atom stereocenters. The number of piperidine rings is 1. The van der Waals surface area contributed by atoms with Crippen LogP contribution in [0.2, 0.25) is 0 Å². The van der Waals surface area contributed by atoms with Crippen LogP contribution in [-0.4, -0.2) is 59.8 Å². The van der Waals surface area contributed by atoms with Gasteiger partial charge >= 0.3 is 0 Å². The quantitative estimate of drug-likeness (QED) is 0.338. The topological polar surface area (TPSA) is 107 Å². The largest absolute Gasteiger partial charge is 0.315 e. The summed E-state index contributed by atoms with van der Waals surface area (Å²) in [5, 5.41) is 16.7. The number of anilines is 1. The summed E-state index contributed by atoms with van der Waals surface area (Å²) < 4.78 is 19.9. The van der Waals surface area contributed by atoms with Crippen LogP contribution in [0.1, 0.15) is 23.2 Å². The van der Waals surface area contributed by atoms with Crippen LogP contribution < -0.4 is 10.2 Å². The molecule has 6 heterocycles. The van der Waals surface area contributed by atoms with Crippen LogP contribution in [0.3, 0.4) is 0 Å². The maximum atomic E-state index is 15.7. The number of nitrogens with zero attached hydrogens (tertiary/aromatic N) is 8. The fraction of sp³-hybridized carbons (Fsp3) is 0.214. The lowest BCUT2D eigenvalue weighted by Crippen LogP contribution is -2.49. The first-order chi connectivity index (χ1) is 19.6. The number of rotatable bonds is 5. The van der Waals surface area contributed by atoms with E-state index in [4.69, 9.17) is 0 Å². The second kappa shape index (κ2) is 9.88. The molecule has 0 aliphatic carbocycles. The summed E-state index contributed by atoms with van der Waals surface area (Å²) in [4.78, 5) is 25.8. The minimum absolute atomic E-state index is 0.0341. The van der Waals surface area contributed by atoms with E-state index in [0.717, 1.165) is 39.9 Å². The first kappa shape index (κ1) is 24.5. The number of halogens is 1. The number of carbonyl (C=O) groups excluding carboxylic acids is 1. The van der Waals surface area contributed by atoms with Crippen molar-refractivity contribution >= 4 is 44.3 Å². The molecule has 1 amide bonds. The number of carbonyl (C=O) groups is 1. The van der Waals surface area contributed by atoms with Crippen molar-refractivity contribution in [2.24, 2.45) is 7.05 Å². The highest BCUT2D eigenvalue weighted by Crippen LogP contribution is 2.38. The Kier molecular flexibility index (Phi) is 6.05. The van der Waals surface area contributed by atoms with Gasteiger partial charge in [0, 0.05) is 58.8 Å².